The zero-order valence-corrected chi connectivity index (χ0v) is 9.86. The second-order valence-corrected chi connectivity index (χ2v) is 3.86. The van der Waals surface area contributed by atoms with E-state index in [2.05, 4.69) is 29.8 Å². The van der Waals surface area contributed by atoms with Crippen molar-refractivity contribution in [3.05, 3.63) is 30.0 Å². The van der Waals surface area contributed by atoms with E-state index in [1.807, 2.05) is 6.07 Å². The zero-order valence-electron chi connectivity index (χ0n) is 9.86. The summed E-state index contributed by atoms with van der Waals surface area (Å²) in [6, 6.07) is 6.20. The van der Waals surface area contributed by atoms with Gasteiger partial charge in [-0.2, -0.15) is 0 Å². The molecule has 2 N–H and O–H groups in total. The van der Waals surface area contributed by atoms with Crippen LogP contribution in [0.25, 0.3) is 10.9 Å². The van der Waals surface area contributed by atoms with Crippen LogP contribution >= 0.6 is 0 Å². The molecule has 0 aliphatic rings. The van der Waals surface area contributed by atoms with Crippen LogP contribution in [-0.4, -0.2) is 18.2 Å². The van der Waals surface area contributed by atoms with Gasteiger partial charge in [0, 0.05) is 23.6 Å². The number of ether oxygens (including phenoxy) is 1. The highest BCUT2D eigenvalue weighted by molar-refractivity contribution is 5.85. The highest BCUT2D eigenvalue weighted by Crippen LogP contribution is 2.26. The maximum Gasteiger partial charge on any atom is 0.119 e. The molecule has 86 valence electrons. The van der Waals surface area contributed by atoms with Crippen LogP contribution in [0.3, 0.4) is 0 Å². The van der Waals surface area contributed by atoms with Crippen molar-refractivity contribution in [3.8, 4) is 5.75 Å². The molecule has 0 fully saturated rings. The average Bonchev–Trinajstić information content (AvgIpc) is 2.67. The first-order chi connectivity index (χ1) is 7.80. The van der Waals surface area contributed by atoms with E-state index in [4.69, 9.17) is 10.5 Å². The van der Waals surface area contributed by atoms with Crippen molar-refractivity contribution in [3.63, 3.8) is 0 Å². The topological polar surface area (TPSA) is 40.2 Å². The molecule has 0 radical (unpaired) electrons. The molecule has 1 aromatic carbocycles. The summed E-state index contributed by atoms with van der Waals surface area (Å²) in [5, 5.41) is 1.26. The third-order valence-electron chi connectivity index (χ3n) is 2.93. The highest BCUT2D eigenvalue weighted by atomic mass is 16.5. The van der Waals surface area contributed by atoms with Gasteiger partial charge in [-0.15, -0.1) is 0 Å². The smallest absolute Gasteiger partial charge is 0.119 e. The van der Waals surface area contributed by atoms with Crippen LogP contribution in [0.5, 0.6) is 5.75 Å². The van der Waals surface area contributed by atoms with Gasteiger partial charge in [-0.25, -0.2) is 0 Å². The molecule has 0 bridgehead atoms. The first-order valence-electron chi connectivity index (χ1n) is 5.66. The van der Waals surface area contributed by atoms with Gasteiger partial charge < -0.3 is 15.0 Å². The number of fused-ring (bicyclic) bond motifs is 1. The van der Waals surface area contributed by atoms with Crippen LogP contribution in [0.4, 0.5) is 0 Å². The molecule has 0 amide bonds. The van der Waals surface area contributed by atoms with E-state index in [1.165, 1.54) is 16.5 Å². The third-order valence-corrected chi connectivity index (χ3v) is 2.93. The molecule has 1 aromatic heterocycles. The minimum atomic E-state index is 0.681. The Morgan fingerprint density at radius 3 is 2.81 bits per heavy atom. The van der Waals surface area contributed by atoms with Crippen molar-refractivity contribution < 1.29 is 4.74 Å². The summed E-state index contributed by atoms with van der Waals surface area (Å²) >= 11 is 0. The van der Waals surface area contributed by atoms with Crippen LogP contribution in [0.2, 0.25) is 0 Å². The Hall–Kier alpha value is -1.48. The largest absolute Gasteiger partial charge is 0.497 e. The van der Waals surface area contributed by atoms with E-state index in [0.29, 0.717) is 6.54 Å². The Morgan fingerprint density at radius 2 is 2.19 bits per heavy atom. The van der Waals surface area contributed by atoms with E-state index in [0.717, 1.165) is 18.7 Å². The predicted octanol–water partition coefficient (Wildman–Crippen LogP) is 2.17. The Morgan fingerprint density at radius 1 is 1.38 bits per heavy atom. The van der Waals surface area contributed by atoms with E-state index in [1.54, 1.807) is 7.11 Å². The van der Waals surface area contributed by atoms with Gasteiger partial charge in [-0.1, -0.05) is 0 Å². The molecular formula is C13H18N2O. The molecule has 0 saturated carbocycles. The van der Waals surface area contributed by atoms with E-state index in [9.17, 15) is 0 Å². The molecule has 0 saturated heterocycles. The molecule has 2 rings (SSSR count). The number of nitrogens with zero attached hydrogens (tertiary/aromatic N) is 1. The summed E-state index contributed by atoms with van der Waals surface area (Å²) in [6.45, 7) is 3.81. The molecular weight excluding hydrogens is 200 g/mol. The fourth-order valence-corrected chi connectivity index (χ4v) is 2.09. The summed E-state index contributed by atoms with van der Waals surface area (Å²) < 4.78 is 7.51. The fraction of sp³-hybridized carbons (Fsp3) is 0.385. The predicted molar refractivity (Wildman–Crippen MR) is 66.9 cm³/mol. The van der Waals surface area contributed by atoms with Gasteiger partial charge in [0.05, 0.1) is 7.11 Å². The highest BCUT2D eigenvalue weighted by Gasteiger charge is 2.07. The number of aromatic nitrogens is 1. The molecule has 0 aliphatic carbocycles. The lowest BCUT2D eigenvalue weighted by molar-refractivity contribution is 0.415. The minimum Gasteiger partial charge on any atom is -0.497 e. The quantitative estimate of drug-likeness (QED) is 0.854. The van der Waals surface area contributed by atoms with Gasteiger partial charge >= 0.3 is 0 Å². The standard InChI is InChI=1S/C13H18N2O/c1-3-15-9-10(6-7-14)12-8-11(16-2)4-5-13(12)15/h4-5,8-9H,3,6-7,14H2,1-2H3. The summed E-state index contributed by atoms with van der Waals surface area (Å²) in [4.78, 5) is 0. The van der Waals surface area contributed by atoms with Gasteiger partial charge in [0.25, 0.3) is 0 Å². The molecule has 2 aromatic rings. The van der Waals surface area contributed by atoms with E-state index in [-0.39, 0.29) is 0 Å². The van der Waals surface area contributed by atoms with Crippen LogP contribution < -0.4 is 10.5 Å². The minimum absolute atomic E-state index is 0.681. The molecule has 1 heterocycles. The summed E-state index contributed by atoms with van der Waals surface area (Å²) in [7, 11) is 1.70. The van der Waals surface area contributed by atoms with Crippen LogP contribution in [0, 0.1) is 0 Å². The van der Waals surface area contributed by atoms with Gasteiger partial charge in [0.2, 0.25) is 0 Å². The van der Waals surface area contributed by atoms with Crippen molar-refractivity contribution in [2.75, 3.05) is 13.7 Å². The fourth-order valence-electron chi connectivity index (χ4n) is 2.09. The number of benzene rings is 1. The Kier molecular flexibility index (Phi) is 3.15. The SMILES string of the molecule is CCn1cc(CCN)c2cc(OC)ccc21. The average molecular weight is 218 g/mol. The second-order valence-electron chi connectivity index (χ2n) is 3.86. The lowest BCUT2D eigenvalue weighted by Crippen LogP contribution is -2.02. The first kappa shape index (κ1) is 11.0. The Labute approximate surface area is 95.8 Å². The molecule has 0 unspecified atom stereocenters. The zero-order chi connectivity index (χ0) is 11.5. The van der Waals surface area contributed by atoms with Crippen LogP contribution in [0.1, 0.15) is 12.5 Å². The molecule has 3 nitrogen and oxygen atoms in total. The van der Waals surface area contributed by atoms with Crippen LogP contribution in [-0.2, 0) is 13.0 Å². The van der Waals surface area contributed by atoms with Gasteiger partial charge in [-0.3, -0.25) is 0 Å². The molecule has 0 spiro atoms. The van der Waals surface area contributed by atoms with Crippen molar-refractivity contribution in [1.29, 1.82) is 0 Å². The number of hydrogen-bond acceptors (Lipinski definition) is 2. The summed E-state index contributed by atoms with van der Waals surface area (Å²) in [5.41, 5.74) is 8.19. The molecule has 0 aliphatic heterocycles. The Balaban J connectivity index is 2.60. The van der Waals surface area contributed by atoms with E-state index < -0.39 is 0 Å². The van der Waals surface area contributed by atoms with Gasteiger partial charge in [0.1, 0.15) is 5.75 Å². The number of nitrogens with two attached hydrogens (primary N) is 1. The Bertz CT molecular complexity index is 488. The number of aryl methyl sites for hydroxylation is 1. The van der Waals surface area contributed by atoms with Crippen molar-refractivity contribution in [2.24, 2.45) is 5.73 Å². The summed E-state index contributed by atoms with van der Waals surface area (Å²) in [6.07, 6.45) is 3.10. The maximum atomic E-state index is 5.63. The van der Waals surface area contributed by atoms with Crippen molar-refractivity contribution in [1.82, 2.24) is 4.57 Å². The van der Waals surface area contributed by atoms with Gasteiger partial charge in [-0.05, 0) is 43.7 Å². The normalized spacial score (nSPS) is 10.9. The second kappa shape index (κ2) is 4.58. The van der Waals surface area contributed by atoms with Crippen molar-refractivity contribution in [2.45, 2.75) is 19.9 Å². The van der Waals surface area contributed by atoms with Crippen molar-refractivity contribution >= 4 is 10.9 Å². The number of rotatable bonds is 4. The lowest BCUT2D eigenvalue weighted by Gasteiger charge is -2.02. The first-order valence-corrected chi connectivity index (χ1v) is 5.66. The molecule has 16 heavy (non-hydrogen) atoms. The maximum absolute atomic E-state index is 5.63. The van der Waals surface area contributed by atoms with Gasteiger partial charge in [0.15, 0.2) is 0 Å². The number of methoxy groups -OCH3 is 1. The molecule has 3 heteroatoms. The molecule has 0 atom stereocenters. The third kappa shape index (κ3) is 1.78. The summed E-state index contributed by atoms with van der Waals surface area (Å²) in [5.74, 6) is 0.902. The lowest BCUT2D eigenvalue weighted by atomic mass is 10.1. The van der Waals surface area contributed by atoms with E-state index >= 15 is 0 Å². The monoisotopic (exact) mass is 218 g/mol. The number of hydrogen-bond donors (Lipinski definition) is 1. The van der Waals surface area contributed by atoms with Crippen LogP contribution in [0.15, 0.2) is 24.4 Å².